The van der Waals surface area contributed by atoms with Crippen molar-refractivity contribution < 1.29 is 4.74 Å². The molecule has 2 nitrogen and oxygen atoms in total. The van der Waals surface area contributed by atoms with Crippen molar-refractivity contribution in [1.82, 2.24) is 0 Å². The van der Waals surface area contributed by atoms with Gasteiger partial charge in [0.1, 0.15) is 5.75 Å². The number of anilines is 1. The summed E-state index contributed by atoms with van der Waals surface area (Å²) in [5.41, 5.74) is 7.75. The largest absolute Gasteiger partial charge is 0.491 e. The molecular weight excluding hydrogens is 313 g/mol. The van der Waals surface area contributed by atoms with E-state index in [1.807, 2.05) is 11.8 Å². The van der Waals surface area contributed by atoms with Crippen LogP contribution in [0, 0.1) is 0 Å². The first kappa shape index (κ1) is 13.9. The van der Waals surface area contributed by atoms with Crippen molar-refractivity contribution in [3.63, 3.8) is 0 Å². The maximum Gasteiger partial charge on any atom is 0.143 e. The highest BCUT2D eigenvalue weighted by Crippen LogP contribution is 2.40. The number of hydrogen-bond acceptors (Lipinski definition) is 3. The van der Waals surface area contributed by atoms with Gasteiger partial charge in [-0.25, -0.2) is 0 Å². The first-order chi connectivity index (χ1) is 9.65. The molecule has 0 aliphatic carbocycles. The Balaban J connectivity index is 1.74. The molecule has 2 aromatic carbocycles. The molecule has 1 unspecified atom stereocenters. The van der Waals surface area contributed by atoms with Crippen LogP contribution in [0.5, 0.6) is 5.75 Å². The SMILES string of the molecule is Nc1cc(Cl)c(Cl)cc1OCC1CSc2ccccc21. The number of fused-ring (bicyclic) bond motifs is 1. The molecule has 0 bridgehead atoms. The molecule has 1 heterocycles. The van der Waals surface area contributed by atoms with Crippen molar-refractivity contribution in [2.75, 3.05) is 18.1 Å². The Hall–Kier alpha value is -1.03. The van der Waals surface area contributed by atoms with Gasteiger partial charge in [-0.3, -0.25) is 0 Å². The van der Waals surface area contributed by atoms with Crippen LogP contribution >= 0.6 is 35.0 Å². The fourth-order valence-corrected chi connectivity index (χ4v) is 3.79. The van der Waals surface area contributed by atoms with Crippen LogP contribution in [0.25, 0.3) is 0 Å². The van der Waals surface area contributed by atoms with Gasteiger partial charge in [0.2, 0.25) is 0 Å². The van der Waals surface area contributed by atoms with Crippen LogP contribution < -0.4 is 10.5 Å². The van der Waals surface area contributed by atoms with Crippen LogP contribution in [0.1, 0.15) is 11.5 Å². The Morgan fingerprint density at radius 3 is 2.80 bits per heavy atom. The van der Waals surface area contributed by atoms with Crippen molar-refractivity contribution >= 4 is 40.7 Å². The number of nitrogen functional groups attached to an aromatic ring is 1. The number of thioether (sulfide) groups is 1. The average molecular weight is 326 g/mol. The fraction of sp³-hybridized carbons (Fsp3) is 0.200. The topological polar surface area (TPSA) is 35.2 Å². The van der Waals surface area contributed by atoms with Gasteiger partial charge in [-0.15, -0.1) is 11.8 Å². The molecule has 104 valence electrons. The lowest BCUT2D eigenvalue weighted by molar-refractivity contribution is 0.299. The Bertz CT molecular complexity index is 648. The quantitative estimate of drug-likeness (QED) is 0.820. The van der Waals surface area contributed by atoms with Crippen LogP contribution in [-0.4, -0.2) is 12.4 Å². The number of rotatable bonds is 3. The normalized spacial score (nSPS) is 17.0. The minimum Gasteiger partial charge on any atom is -0.491 e. The van der Waals surface area contributed by atoms with E-state index in [2.05, 4.69) is 24.3 Å². The fourth-order valence-electron chi connectivity index (χ4n) is 2.23. The first-order valence-corrected chi connectivity index (χ1v) is 7.98. The molecule has 0 saturated carbocycles. The Kier molecular flexibility index (Phi) is 4.01. The van der Waals surface area contributed by atoms with E-state index in [-0.39, 0.29) is 0 Å². The van der Waals surface area contributed by atoms with E-state index in [1.54, 1.807) is 12.1 Å². The highest BCUT2D eigenvalue weighted by molar-refractivity contribution is 7.99. The predicted molar refractivity (Wildman–Crippen MR) is 86.3 cm³/mol. The maximum absolute atomic E-state index is 5.99. The molecule has 0 aromatic heterocycles. The van der Waals surface area contributed by atoms with Gasteiger partial charge < -0.3 is 10.5 Å². The lowest BCUT2D eigenvalue weighted by Crippen LogP contribution is -2.10. The zero-order valence-electron chi connectivity index (χ0n) is 10.6. The highest BCUT2D eigenvalue weighted by Gasteiger charge is 2.23. The summed E-state index contributed by atoms with van der Waals surface area (Å²) in [6.07, 6.45) is 0. The van der Waals surface area contributed by atoms with E-state index in [0.717, 1.165) is 5.75 Å². The second-order valence-electron chi connectivity index (χ2n) is 4.66. The second-order valence-corrected chi connectivity index (χ2v) is 6.54. The monoisotopic (exact) mass is 325 g/mol. The van der Waals surface area contributed by atoms with Crippen LogP contribution in [0.3, 0.4) is 0 Å². The molecule has 1 atom stereocenters. The van der Waals surface area contributed by atoms with E-state index < -0.39 is 0 Å². The van der Waals surface area contributed by atoms with Gasteiger partial charge in [0.05, 0.1) is 22.3 Å². The summed E-state index contributed by atoms with van der Waals surface area (Å²) in [5.74, 6) is 2.00. The third-order valence-electron chi connectivity index (χ3n) is 3.29. The van der Waals surface area contributed by atoms with E-state index in [9.17, 15) is 0 Å². The highest BCUT2D eigenvalue weighted by atomic mass is 35.5. The number of hydrogen-bond donors (Lipinski definition) is 1. The molecule has 1 aliphatic heterocycles. The van der Waals surface area contributed by atoms with E-state index in [0.29, 0.717) is 34.0 Å². The standard InChI is InChI=1S/C15H13Cl2NOS/c16-11-5-13(18)14(6-12(11)17)19-7-9-8-20-15-4-2-1-3-10(9)15/h1-6,9H,7-8,18H2. The molecule has 0 fully saturated rings. The molecule has 2 N–H and O–H groups in total. The van der Waals surface area contributed by atoms with E-state index in [4.69, 9.17) is 33.7 Å². The van der Waals surface area contributed by atoms with Gasteiger partial charge in [0, 0.05) is 22.6 Å². The molecule has 2 aromatic rings. The molecular formula is C15H13Cl2NOS. The lowest BCUT2D eigenvalue weighted by Gasteiger charge is -2.14. The Morgan fingerprint density at radius 1 is 1.20 bits per heavy atom. The third kappa shape index (κ3) is 2.71. The van der Waals surface area contributed by atoms with Crippen LogP contribution in [-0.2, 0) is 0 Å². The van der Waals surface area contributed by atoms with Gasteiger partial charge in [-0.1, -0.05) is 41.4 Å². The smallest absolute Gasteiger partial charge is 0.143 e. The molecule has 0 spiro atoms. The molecule has 0 radical (unpaired) electrons. The number of nitrogens with two attached hydrogens (primary N) is 1. The first-order valence-electron chi connectivity index (χ1n) is 6.24. The van der Waals surface area contributed by atoms with Gasteiger partial charge in [-0.2, -0.15) is 0 Å². The molecule has 20 heavy (non-hydrogen) atoms. The molecule has 0 saturated heterocycles. The second kappa shape index (κ2) is 5.76. The minimum atomic E-state index is 0.380. The van der Waals surface area contributed by atoms with Gasteiger partial charge in [-0.05, 0) is 17.7 Å². The third-order valence-corrected chi connectivity index (χ3v) is 5.27. The van der Waals surface area contributed by atoms with E-state index in [1.165, 1.54) is 10.5 Å². The van der Waals surface area contributed by atoms with Gasteiger partial charge >= 0.3 is 0 Å². The number of ether oxygens (including phenoxy) is 1. The lowest BCUT2D eigenvalue weighted by atomic mass is 10.0. The molecule has 1 aliphatic rings. The van der Waals surface area contributed by atoms with Crippen LogP contribution in [0.2, 0.25) is 10.0 Å². The summed E-state index contributed by atoms with van der Waals surface area (Å²) >= 11 is 13.8. The van der Waals surface area contributed by atoms with Gasteiger partial charge in [0.15, 0.2) is 0 Å². The molecule has 3 rings (SSSR count). The number of halogens is 2. The van der Waals surface area contributed by atoms with Crippen molar-refractivity contribution in [3.8, 4) is 5.75 Å². The average Bonchev–Trinajstić information content (AvgIpc) is 2.85. The summed E-state index contributed by atoms with van der Waals surface area (Å²) in [5, 5.41) is 0.898. The van der Waals surface area contributed by atoms with Crippen molar-refractivity contribution in [2.45, 2.75) is 10.8 Å². The summed E-state index contributed by atoms with van der Waals surface area (Å²) in [4.78, 5) is 1.34. The minimum absolute atomic E-state index is 0.380. The zero-order chi connectivity index (χ0) is 14.1. The number of benzene rings is 2. The molecule has 0 amide bonds. The predicted octanol–water partition coefficient (Wildman–Crippen LogP) is 4.84. The van der Waals surface area contributed by atoms with Gasteiger partial charge in [0.25, 0.3) is 0 Å². The summed E-state index contributed by atoms with van der Waals surface area (Å²) in [6, 6.07) is 11.7. The maximum atomic E-state index is 5.99. The molecule has 5 heteroatoms. The van der Waals surface area contributed by atoms with Crippen LogP contribution in [0.4, 0.5) is 5.69 Å². The summed E-state index contributed by atoms with van der Waals surface area (Å²) in [7, 11) is 0. The summed E-state index contributed by atoms with van der Waals surface area (Å²) < 4.78 is 5.83. The van der Waals surface area contributed by atoms with Crippen LogP contribution in [0.15, 0.2) is 41.3 Å². The Labute approximate surface area is 132 Å². The zero-order valence-corrected chi connectivity index (χ0v) is 12.9. The van der Waals surface area contributed by atoms with Crippen molar-refractivity contribution in [2.24, 2.45) is 0 Å². The van der Waals surface area contributed by atoms with Crippen molar-refractivity contribution in [1.29, 1.82) is 0 Å². The summed E-state index contributed by atoms with van der Waals surface area (Å²) in [6.45, 7) is 0.589. The van der Waals surface area contributed by atoms with Crippen molar-refractivity contribution in [3.05, 3.63) is 52.0 Å². The Morgan fingerprint density at radius 2 is 1.95 bits per heavy atom. The van der Waals surface area contributed by atoms with E-state index >= 15 is 0 Å².